The normalized spacial score (nSPS) is 13.3. The molecule has 1 N–H and O–H groups in total. The van der Waals surface area contributed by atoms with Crippen LogP contribution in [0.4, 0.5) is 0 Å². The van der Waals surface area contributed by atoms with Crippen LogP contribution in [0, 0.1) is 0 Å². The van der Waals surface area contributed by atoms with Crippen molar-refractivity contribution in [3.8, 4) is 0 Å². The summed E-state index contributed by atoms with van der Waals surface area (Å²) in [6.07, 6.45) is 7.27. The number of nitrogens with one attached hydrogen (secondary N) is 1. The van der Waals surface area contributed by atoms with Crippen LogP contribution in [0.2, 0.25) is 0 Å². The summed E-state index contributed by atoms with van der Waals surface area (Å²) in [5, 5.41) is 0. The van der Waals surface area contributed by atoms with Gasteiger partial charge < -0.3 is 0 Å². The van der Waals surface area contributed by atoms with Gasteiger partial charge in [-0.3, -0.25) is 0 Å². The molecule has 2 nitrogen and oxygen atoms in total. The lowest BCUT2D eigenvalue weighted by Crippen LogP contribution is -2.18. The third kappa shape index (κ3) is 8.66. The SMILES string of the molecule is C=C(C)/C(=C\C=C/C)S(=O)NCC.CS. The Morgan fingerprint density at radius 3 is 2.40 bits per heavy atom. The summed E-state index contributed by atoms with van der Waals surface area (Å²) in [7, 11) is -1.13. The van der Waals surface area contributed by atoms with E-state index in [0.29, 0.717) is 6.54 Å². The lowest BCUT2D eigenvalue weighted by molar-refractivity contribution is 0.678. The predicted octanol–water partition coefficient (Wildman–Crippen LogP) is 2.84. The van der Waals surface area contributed by atoms with Crippen molar-refractivity contribution in [3.05, 3.63) is 35.3 Å². The zero-order valence-electron chi connectivity index (χ0n) is 9.91. The van der Waals surface area contributed by atoms with E-state index in [1.165, 1.54) is 0 Å². The van der Waals surface area contributed by atoms with Crippen molar-refractivity contribution in [3.63, 3.8) is 0 Å². The highest BCUT2D eigenvalue weighted by Crippen LogP contribution is 2.10. The minimum absolute atomic E-state index is 0.688. The topological polar surface area (TPSA) is 29.1 Å². The Morgan fingerprint density at radius 2 is 2.07 bits per heavy atom. The van der Waals surface area contributed by atoms with Gasteiger partial charge >= 0.3 is 0 Å². The maximum absolute atomic E-state index is 11.5. The second-order valence-electron chi connectivity index (χ2n) is 2.60. The molecule has 0 saturated carbocycles. The van der Waals surface area contributed by atoms with E-state index in [2.05, 4.69) is 23.9 Å². The van der Waals surface area contributed by atoms with Crippen molar-refractivity contribution in [2.24, 2.45) is 0 Å². The lowest BCUT2D eigenvalue weighted by Gasteiger charge is -2.05. The van der Waals surface area contributed by atoms with Crippen LogP contribution in [0.3, 0.4) is 0 Å². The fraction of sp³-hybridized carbons (Fsp3) is 0.455. The summed E-state index contributed by atoms with van der Waals surface area (Å²) in [5.74, 6) is 0. The summed E-state index contributed by atoms with van der Waals surface area (Å²) in [6, 6.07) is 0. The maximum Gasteiger partial charge on any atom is 0.125 e. The average Bonchev–Trinajstić information content (AvgIpc) is 2.21. The standard InChI is InChI=1S/C10H17NOS.CH4S/c1-5-7-8-10(9(3)4)13(12)11-6-2;1-2/h5,7-8,11H,3,6H2,1-2,4H3;2H,1H3/b7-5-,10-8+;. The Kier molecular flexibility index (Phi) is 13.4. The summed E-state index contributed by atoms with van der Waals surface area (Å²) in [6.45, 7) is 10.2. The van der Waals surface area contributed by atoms with Crippen LogP contribution in [0.5, 0.6) is 0 Å². The molecule has 0 fully saturated rings. The van der Waals surface area contributed by atoms with Crippen LogP contribution in [0.1, 0.15) is 20.8 Å². The first-order valence-corrected chi connectivity index (χ1v) is 6.76. The first-order valence-electron chi connectivity index (χ1n) is 4.72. The Hall–Kier alpha value is -0.320. The van der Waals surface area contributed by atoms with Gasteiger partial charge in [0.1, 0.15) is 11.0 Å². The molecule has 1 atom stereocenters. The number of thiol groups is 1. The second kappa shape index (κ2) is 11.8. The molecule has 0 saturated heterocycles. The fourth-order valence-electron chi connectivity index (χ4n) is 0.755. The number of hydrogen-bond donors (Lipinski definition) is 2. The highest BCUT2D eigenvalue weighted by molar-refractivity contribution is 7.87. The van der Waals surface area contributed by atoms with Gasteiger partial charge in [-0.05, 0) is 31.8 Å². The molecule has 0 aliphatic rings. The molecule has 0 aliphatic carbocycles. The van der Waals surface area contributed by atoms with Crippen molar-refractivity contribution >= 4 is 23.6 Å². The van der Waals surface area contributed by atoms with Gasteiger partial charge in [-0.2, -0.15) is 12.6 Å². The quantitative estimate of drug-likeness (QED) is 0.568. The van der Waals surface area contributed by atoms with E-state index < -0.39 is 11.0 Å². The van der Waals surface area contributed by atoms with E-state index in [1.54, 1.807) is 6.26 Å². The van der Waals surface area contributed by atoms with Crippen molar-refractivity contribution < 1.29 is 4.21 Å². The molecule has 0 amide bonds. The molecule has 0 heterocycles. The Balaban J connectivity index is 0. The smallest absolute Gasteiger partial charge is 0.125 e. The largest absolute Gasteiger partial charge is 0.237 e. The molecule has 0 rings (SSSR count). The van der Waals surface area contributed by atoms with E-state index >= 15 is 0 Å². The van der Waals surface area contributed by atoms with Crippen molar-refractivity contribution in [1.29, 1.82) is 0 Å². The van der Waals surface area contributed by atoms with Crippen LogP contribution in [0.25, 0.3) is 0 Å². The highest BCUT2D eigenvalue weighted by atomic mass is 32.2. The molecule has 88 valence electrons. The molecular formula is C11H21NOS2. The van der Waals surface area contributed by atoms with Gasteiger partial charge in [-0.1, -0.05) is 25.7 Å². The minimum Gasteiger partial charge on any atom is -0.237 e. The molecule has 0 aliphatic heterocycles. The Labute approximate surface area is 102 Å². The molecule has 0 aromatic heterocycles. The Bertz CT molecular complexity index is 257. The Morgan fingerprint density at radius 1 is 1.53 bits per heavy atom. The van der Waals surface area contributed by atoms with E-state index in [1.807, 2.05) is 39.0 Å². The number of hydrogen-bond acceptors (Lipinski definition) is 2. The van der Waals surface area contributed by atoms with Gasteiger partial charge in [0.2, 0.25) is 0 Å². The molecule has 0 bridgehead atoms. The van der Waals surface area contributed by atoms with Crippen LogP contribution in [-0.2, 0) is 11.0 Å². The third-order valence-corrected chi connectivity index (χ3v) is 2.77. The van der Waals surface area contributed by atoms with E-state index in [4.69, 9.17) is 0 Å². The summed E-state index contributed by atoms with van der Waals surface area (Å²) < 4.78 is 14.4. The summed E-state index contributed by atoms with van der Waals surface area (Å²) >= 11 is 3.53. The predicted molar refractivity (Wildman–Crippen MR) is 74.4 cm³/mol. The van der Waals surface area contributed by atoms with Crippen molar-refractivity contribution in [2.45, 2.75) is 20.8 Å². The van der Waals surface area contributed by atoms with Gasteiger partial charge in [0.15, 0.2) is 0 Å². The molecule has 15 heavy (non-hydrogen) atoms. The average molecular weight is 247 g/mol. The minimum atomic E-state index is -1.13. The van der Waals surface area contributed by atoms with Gasteiger partial charge in [0.05, 0.1) is 4.91 Å². The monoisotopic (exact) mass is 247 g/mol. The molecule has 0 aromatic rings. The maximum atomic E-state index is 11.5. The van der Waals surface area contributed by atoms with Gasteiger partial charge in [0, 0.05) is 6.54 Å². The number of rotatable bonds is 5. The van der Waals surface area contributed by atoms with Crippen LogP contribution >= 0.6 is 12.6 Å². The number of allylic oxidation sites excluding steroid dienone is 4. The molecule has 1 unspecified atom stereocenters. The lowest BCUT2D eigenvalue weighted by atomic mass is 10.3. The van der Waals surface area contributed by atoms with Crippen LogP contribution < -0.4 is 4.72 Å². The van der Waals surface area contributed by atoms with Gasteiger partial charge in [-0.25, -0.2) is 8.93 Å². The second-order valence-corrected chi connectivity index (χ2v) is 3.87. The first-order chi connectivity index (χ1) is 7.13. The molecule has 4 heteroatoms. The first kappa shape index (κ1) is 17.1. The van der Waals surface area contributed by atoms with E-state index in [-0.39, 0.29) is 0 Å². The van der Waals surface area contributed by atoms with Crippen molar-refractivity contribution in [2.75, 3.05) is 12.8 Å². The van der Waals surface area contributed by atoms with E-state index in [0.717, 1.165) is 10.5 Å². The van der Waals surface area contributed by atoms with Gasteiger partial charge in [0.25, 0.3) is 0 Å². The highest BCUT2D eigenvalue weighted by Gasteiger charge is 2.05. The van der Waals surface area contributed by atoms with Crippen LogP contribution in [-0.4, -0.2) is 17.0 Å². The van der Waals surface area contributed by atoms with Crippen LogP contribution in [0.15, 0.2) is 35.3 Å². The zero-order valence-corrected chi connectivity index (χ0v) is 11.6. The molecule has 0 aromatic carbocycles. The zero-order chi connectivity index (χ0) is 12.3. The molecule has 0 radical (unpaired) electrons. The van der Waals surface area contributed by atoms with Gasteiger partial charge in [-0.15, -0.1) is 0 Å². The third-order valence-electron chi connectivity index (χ3n) is 1.34. The summed E-state index contributed by atoms with van der Waals surface area (Å²) in [5.41, 5.74) is 0.831. The molecular weight excluding hydrogens is 226 g/mol. The summed E-state index contributed by atoms with van der Waals surface area (Å²) in [4.78, 5) is 0.750. The fourth-order valence-corrected chi connectivity index (χ4v) is 1.69. The van der Waals surface area contributed by atoms with Crippen molar-refractivity contribution in [1.82, 2.24) is 4.72 Å². The molecule has 0 spiro atoms. The van der Waals surface area contributed by atoms with E-state index in [9.17, 15) is 4.21 Å².